The molecular formula is C11H14N2O3S. The van der Waals surface area contributed by atoms with Crippen molar-refractivity contribution in [2.24, 2.45) is 0 Å². The predicted molar refractivity (Wildman–Crippen MR) is 65.1 cm³/mol. The molecule has 17 heavy (non-hydrogen) atoms. The van der Waals surface area contributed by atoms with Crippen molar-refractivity contribution in [1.82, 2.24) is 4.98 Å². The Kier molecular flexibility index (Phi) is 3.15. The predicted octanol–water partition coefficient (Wildman–Crippen LogP) is 0.519. The quantitative estimate of drug-likeness (QED) is 0.720. The zero-order valence-electron chi connectivity index (χ0n) is 9.59. The zero-order valence-corrected chi connectivity index (χ0v) is 10.4. The summed E-state index contributed by atoms with van der Waals surface area (Å²) in [6.07, 6.45) is 1.58. The van der Waals surface area contributed by atoms with Gasteiger partial charge in [0.25, 0.3) is 0 Å². The van der Waals surface area contributed by atoms with Crippen LogP contribution in [-0.4, -0.2) is 43.8 Å². The Morgan fingerprint density at radius 3 is 2.59 bits per heavy atom. The van der Waals surface area contributed by atoms with Gasteiger partial charge in [0.1, 0.15) is 5.82 Å². The van der Waals surface area contributed by atoms with Crippen LogP contribution in [0.5, 0.6) is 0 Å². The van der Waals surface area contributed by atoms with Crippen molar-refractivity contribution < 1.29 is 13.2 Å². The Bertz CT molecular complexity index is 525. The van der Waals surface area contributed by atoms with Gasteiger partial charge < -0.3 is 4.90 Å². The molecular weight excluding hydrogens is 240 g/mol. The van der Waals surface area contributed by atoms with E-state index in [1.807, 2.05) is 4.90 Å². The third-order valence-electron chi connectivity index (χ3n) is 2.82. The summed E-state index contributed by atoms with van der Waals surface area (Å²) in [6.45, 7) is 2.38. The SMILES string of the molecule is CC(=O)c1ccnc(N2CCS(=O)(=O)CC2)c1. The fourth-order valence-corrected chi connectivity index (χ4v) is 2.95. The molecule has 2 heterocycles. The highest BCUT2D eigenvalue weighted by Crippen LogP contribution is 2.16. The van der Waals surface area contributed by atoms with E-state index in [9.17, 15) is 13.2 Å². The number of pyridine rings is 1. The highest BCUT2D eigenvalue weighted by atomic mass is 32.2. The van der Waals surface area contributed by atoms with Gasteiger partial charge in [-0.1, -0.05) is 0 Å². The van der Waals surface area contributed by atoms with E-state index in [2.05, 4.69) is 4.98 Å². The third kappa shape index (κ3) is 2.82. The summed E-state index contributed by atoms with van der Waals surface area (Å²) in [6, 6.07) is 3.37. The van der Waals surface area contributed by atoms with E-state index in [-0.39, 0.29) is 17.3 Å². The molecule has 0 N–H and O–H groups in total. The topological polar surface area (TPSA) is 67.3 Å². The summed E-state index contributed by atoms with van der Waals surface area (Å²) >= 11 is 0. The maximum absolute atomic E-state index is 11.3. The summed E-state index contributed by atoms with van der Waals surface area (Å²) < 4.78 is 22.6. The molecule has 1 fully saturated rings. The monoisotopic (exact) mass is 254 g/mol. The van der Waals surface area contributed by atoms with Crippen molar-refractivity contribution in [1.29, 1.82) is 0 Å². The van der Waals surface area contributed by atoms with Gasteiger partial charge in [0.2, 0.25) is 0 Å². The van der Waals surface area contributed by atoms with Crippen LogP contribution in [0.3, 0.4) is 0 Å². The van der Waals surface area contributed by atoms with Gasteiger partial charge in [-0.05, 0) is 19.1 Å². The maximum atomic E-state index is 11.3. The van der Waals surface area contributed by atoms with Crippen molar-refractivity contribution in [2.75, 3.05) is 29.5 Å². The molecule has 0 atom stereocenters. The Morgan fingerprint density at radius 1 is 1.35 bits per heavy atom. The zero-order chi connectivity index (χ0) is 12.5. The van der Waals surface area contributed by atoms with Crippen LogP contribution in [0.15, 0.2) is 18.3 Å². The van der Waals surface area contributed by atoms with Crippen LogP contribution in [0.4, 0.5) is 5.82 Å². The van der Waals surface area contributed by atoms with Gasteiger partial charge in [0.05, 0.1) is 11.5 Å². The molecule has 0 bridgehead atoms. The number of aromatic nitrogens is 1. The van der Waals surface area contributed by atoms with E-state index in [1.165, 1.54) is 6.92 Å². The van der Waals surface area contributed by atoms with Crippen LogP contribution < -0.4 is 4.90 Å². The molecule has 5 nitrogen and oxygen atoms in total. The number of nitrogens with zero attached hydrogens (tertiary/aromatic N) is 2. The van der Waals surface area contributed by atoms with E-state index >= 15 is 0 Å². The number of Topliss-reactive ketones (excluding diaryl/α,β-unsaturated/α-hetero) is 1. The van der Waals surface area contributed by atoms with Crippen molar-refractivity contribution in [2.45, 2.75) is 6.92 Å². The molecule has 1 saturated heterocycles. The second-order valence-corrected chi connectivity index (χ2v) is 6.40. The molecule has 0 amide bonds. The first kappa shape index (κ1) is 12.0. The number of anilines is 1. The van der Waals surface area contributed by atoms with E-state index in [0.29, 0.717) is 24.5 Å². The number of sulfone groups is 1. The first-order chi connectivity index (χ1) is 7.98. The summed E-state index contributed by atoms with van der Waals surface area (Å²) in [5, 5.41) is 0. The van der Waals surface area contributed by atoms with Gasteiger partial charge in [-0.3, -0.25) is 4.79 Å². The number of ketones is 1. The molecule has 0 unspecified atom stereocenters. The third-order valence-corrected chi connectivity index (χ3v) is 4.43. The van der Waals surface area contributed by atoms with Gasteiger partial charge in [0, 0.05) is 24.8 Å². The Labute approximate surface area is 100 Å². The molecule has 0 spiro atoms. The van der Waals surface area contributed by atoms with Gasteiger partial charge >= 0.3 is 0 Å². The number of rotatable bonds is 2. The molecule has 0 aliphatic carbocycles. The van der Waals surface area contributed by atoms with Crippen molar-refractivity contribution >= 4 is 21.4 Å². The molecule has 1 aliphatic heterocycles. The molecule has 1 aromatic rings. The standard InChI is InChI=1S/C11H14N2O3S/c1-9(14)10-2-3-12-11(8-10)13-4-6-17(15,16)7-5-13/h2-3,8H,4-7H2,1H3. The lowest BCUT2D eigenvalue weighted by Gasteiger charge is -2.27. The summed E-state index contributed by atoms with van der Waals surface area (Å²) in [5.41, 5.74) is 0.600. The van der Waals surface area contributed by atoms with Crippen LogP contribution in [0.25, 0.3) is 0 Å². The van der Waals surface area contributed by atoms with Crippen molar-refractivity contribution in [3.05, 3.63) is 23.9 Å². The van der Waals surface area contributed by atoms with Gasteiger partial charge in [-0.15, -0.1) is 0 Å². The van der Waals surface area contributed by atoms with Crippen LogP contribution in [-0.2, 0) is 9.84 Å². The van der Waals surface area contributed by atoms with Crippen LogP contribution >= 0.6 is 0 Å². The number of hydrogen-bond acceptors (Lipinski definition) is 5. The van der Waals surface area contributed by atoms with Gasteiger partial charge in [-0.2, -0.15) is 0 Å². The average molecular weight is 254 g/mol. The molecule has 2 rings (SSSR count). The molecule has 0 aromatic carbocycles. The second kappa shape index (κ2) is 4.44. The van der Waals surface area contributed by atoms with E-state index in [1.54, 1.807) is 18.3 Å². The number of carbonyl (C=O) groups excluding carboxylic acids is 1. The highest BCUT2D eigenvalue weighted by Gasteiger charge is 2.22. The Balaban J connectivity index is 2.18. The summed E-state index contributed by atoms with van der Waals surface area (Å²) in [4.78, 5) is 17.3. The fraction of sp³-hybridized carbons (Fsp3) is 0.455. The first-order valence-corrected chi connectivity index (χ1v) is 7.22. The normalized spacial score (nSPS) is 19.0. The molecule has 6 heteroatoms. The van der Waals surface area contributed by atoms with Crippen LogP contribution in [0.1, 0.15) is 17.3 Å². The number of hydrogen-bond donors (Lipinski definition) is 0. The minimum absolute atomic E-state index is 0.0155. The second-order valence-electron chi connectivity index (χ2n) is 4.10. The largest absolute Gasteiger partial charge is 0.355 e. The lowest BCUT2D eigenvalue weighted by Crippen LogP contribution is -2.40. The fourth-order valence-electron chi connectivity index (χ4n) is 1.75. The number of carbonyl (C=O) groups is 1. The molecule has 1 aliphatic rings. The van der Waals surface area contributed by atoms with E-state index in [4.69, 9.17) is 0 Å². The minimum atomic E-state index is -2.89. The van der Waals surface area contributed by atoms with Crippen LogP contribution in [0, 0.1) is 0 Å². The van der Waals surface area contributed by atoms with Crippen molar-refractivity contribution in [3.63, 3.8) is 0 Å². The van der Waals surface area contributed by atoms with Crippen LogP contribution in [0.2, 0.25) is 0 Å². The molecule has 0 radical (unpaired) electrons. The maximum Gasteiger partial charge on any atom is 0.159 e. The van der Waals surface area contributed by atoms with Crippen molar-refractivity contribution in [3.8, 4) is 0 Å². The summed E-state index contributed by atoms with van der Waals surface area (Å²) in [5.74, 6) is 0.962. The molecule has 0 saturated carbocycles. The van der Waals surface area contributed by atoms with Gasteiger partial charge in [0.15, 0.2) is 15.6 Å². The molecule has 92 valence electrons. The van der Waals surface area contributed by atoms with E-state index in [0.717, 1.165) is 0 Å². The van der Waals surface area contributed by atoms with Gasteiger partial charge in [-0.25, -0.2) is 13.4 Å². The highest BCUT2D eigenvalue weighted by molar-refractivity contribution is 7.91. The Morgan fingerprint density at radius 2 is 2.00 bits per heavy atom. The van der Waals surface area contributed by atoms with E-state index < -0.39 is 9.84 Å². The Hall–Kier alpha value is -1.43. The first-order valence-electron chi connectivity index (χ1n) is 5.40. The molecule has 1 aromatic heterocycles. The lowest BCUT2D eigenvalue weighted by atomic mass is 10.2. The smallest absolute Gasteiger partial charge is 0.159 e. The minimum Gasteiger partial charge on any atom is -0.355 e. The average Bonchev–Trinajstić information content (AvgIpc) is 2.29. The summed E-state index contributed by atoms with van der Waals surface area (Å²) in [7, 11) is -2.89. The lowest BCUT2D eigenvalue weighted by molar-refractivity contribution is 0.101.